The number of aromatic carboxylic acids is 1. The Morgan fingerprint density at radius 2 is 2.25 bits per heavy atom. The van der Waals surface area contributed by atoms with E-state index in [0.717, 1.165) is 22.9 Å². The highest BCUT2D eigenvalue weighted by Gasteiger charge is 2.43. The molecule has 1 heterocycles. The average Bonchev–Trinajstić information content (AvgIpc) is 3.07. The molecule has 0 aromatic heterocycles. The van der Waals surface area contributed by atoms with E-state index >= 15 is 0 Å². The van der Waals surface area contributed by atoms with Crippen molar-refractivity contribution in [3.8, 4) is 0 Å². The number of carbonyl (C=O) groups is 1. The number of thioether (sulfide) groups is 1. The number of benzene rings is 1. The first-order valence-corrected chi connectivity index (χ1v) is 6.41. The summed E-state index contributed by atoms with van der Waals surface area (Å²) in [5.74, 6) is 0.254. The van der Waals surface area contributed by atoms with Crippen molar-refractivity contribution in [3.63, 3.8) is 0 Å². The van der Waals surface area contributed by atoms with Gasteiger partial charge >= 0.3 is 5.97 Å². The van der Waals surface area contributed by atoms with Crippen LogP contribution in [0.2, 0.25) is 0 Å². The predicted octanol–water partition coefficient (Wildman–Crippen LogP) is 2.68. The smallest absolute Gasteiger partial charge is 0.335 e. The second-order valence-corrected chi connectivity index (χ2v) is 5.68. The molecule has 0 saturated heterocycles. The second-order valence-electron chi connectivity index (χ2n) is 4.66. The van der Waals surface area contributed by atoms with Gasteiger partial charge in [0.25, 0.3) is 0 Å². The highest BCUT2D eigenvalue weighted by molar-refractivity contribution is 7.99. The monoisotopic (exact) mass is 235 g/mol. The summed E-state index contributed by atoms with van der Waals surface area (Å²) in [5.41, 5.74) is 1.94. The van der Waals surface area contributed by atoms with E-state index in [1.54, 1.807) is 23.9 Å². The number of hydrogen-bond acceptors (Lipinski definition) is 3. The van der Waals surface area contributed by atoms with Gasteiger partial charge in [-0.1, -0.05) is 0 Å². The summed E-state index contributed by atoms with van der Waals surface area (Å²) in [6.07, 6.45) is 2.60. The molecule has 3 rings (SSSR count). The molecule has 0 bridgehead atoms. The minimum atomic E-state index is -0.853. The number of anilines is 1. The molecule has 0 atom stereocenters. The van der Waals surface area contributed by atoms with Crippen LogP contribution in [-0.4, -0.2) is 23.4 Å². The third-order valence-corrected chi connectivity index (χ3v) is 4.78. The lowest BCUT2D eigenvalue weighted by molar-refractivity contribution is 0.0696. The molecule has 2 aliphatic rings. The van der Waals surface area contributed by atoms with E-state index in [2.05, 4.69) is 5.32 Å². The zero-order valence-electron chi connectivity index (χ0n) is 8.82. The van der Waals surface area contributed by atoms with E-state index in [1.807, 2.05) is 6.07 Å². The van der Waals surface area contributed by atoms with E-state index in [1.165, 1.54) is 12.8 Å². The molecule has 0 amide bonds. The maximum absolute atomic E-state index is 10.9. The summed E-state index contributed by atoms with van der Waals surface area (Å²) in [5, 5.41) is 12.4. The van der Waals surface area contributed by atoms with Gasteiger partial charge in [-0.3, -0.25) is 0 Å². The molecular formula is C12H13NO2S. The van der Waals surface area contributed by atoms with Gasteiger partial charge in [-0.05, 0) is 36.5 Å². The van der Waals surface area contributed by atoms with Crippen LogP contribution in [0.4, 0.5) is 5.69 Å². The summed E-state index contributed by atoms with van der Waals surface area (Å²) < 4.78 is 0. The molecule has 1 saturated carbocycles. The van der Waals surface area contributed by atoms with Crippen molar-refractivity contribution in [2.24, 2.45) is 5.41 Å². The van der Waals surface area contributed by atoms with Gasteiger partial charge in [-0.25, -0.2) is 4.79 Å². The van der Waals surface area contributed by atoms with E-state index < -0.39 is 5.97 Å². The number of fused-ring (bicyclic) bond motifs is 1. The van der Waals surface area contributed by atoms with Gasteiger partial charge in [-0.15, -0.1) is 11.8 Å². The Morgan fingerprint density at radius 1 is 1.44 bits per heavy atom. The lowest BCUT2D eigenvalue weighted by atomic mass is 10.1. The molecule has 1 aliphatic heterocycles. The van der Waals surface area contributed by atoms with E-state index in [-0.39, 0.29) is 0 Å². The number of nitrogens with one attached hydrogen (secondary N) is 1. The standard InChI is InChI=1S/C12H13NO2S/c14-11(15)8-1-2-9-10(5-8)16-7-12(3-4-12)6-13-9/h1-2,5,13H,3-4,6-7H2,(H,14,15). The minimum absolute atomic E-state index is 0.375. The molecule has 3 nitrogen and oxygen atoms in total. The van der Waals surface area contributed by atoms with Crippen LogP contribution in [0.1, 0.15) is 23.2 Å². The maximum Gasteiger partial charge on any atom is 0.335 e. The number of carboxylic acid groups (broad SMARTS) is 1. The van der Waals surface area contributed by atoms with Gasteiger partial charge in [-0.2, -0.15) is 0 Å². The Bertz CT molecular complexity index is 454. The minimum Gasteiger partial charge on any atom is -0.478 e. The van der Waals surface area contributed by atoms with Crippen LogP contribution >= 0.6 is 11.8 Å². The first kappa shape index (κ1) is 10.0. The average molecular weight is 235 g/mol. The molecule has 1 aromatic rings. The molecule has 0 radical (unpaired) electrons. The molecule has 1 aliphatic carbocycles. The highest BCUT2D eigenvalue weighted by Crippen LogP contribution is 2.51. The third-order valence-electron chi connectivity index (χ3n) is 3.37. The van der Waals surface area contributed by atoms with Crippen LogP contribution in [0.3, 0.4) is 0 Å². The maximum atomic E-state index is 10.9. The lowest BCUT2D eigenvalue weighted by Crippen LogP contribution is -2.15. The van der Waals surface area contributed by atoms with Crippen LogP contribution in [0.15, 0.2) is 23.1 Å². The molecule has 1 fully saturated rings. The van der Waals surface area contributed by atoms with Gasteiger partial charge < -0.3 is 10.4 Å². The van der Waals surface area contributed by atoms with E-state index in [0.29, 0.717) is 11.0 Å². The molecule has 1 spiro atoms. The van der Waals surface area contributed by atoms with E-state index in [4.69, 9.17) is 5.11 Å². The third kappa shape index (κ3) is 1.67. The number of carboxylic acids is 1. The van der Waals surface area contributed by atoms with E-state index in [9.17, 15) is 4.79 Å². The van der Waals surface area contributed by atoms with Crippen molar-refractivity contribution >= 4 is 23.4 Å². The fourth-order valence-corrected chi connectivity index (χ4v) is 3.34. The quantitative estimate of drug-likeness (QED) is 0.785. The van der Waals surface area contributed by atoms with Crippen molar-refractivity contribution < 1.29 is 9.90 Å². The predicted molar refractivity (Wildman–Crippen MR) is 64.3 cm³/mol. The topological polar surface area (TPSA) is 49.3 Å². The zero-order chi connectivity index (χ0) is 11.2. The summed E-state index contributed by atoms with van der Waals surface area (Å²) >= 11 is 1.78. The lowest BCUT2D eigenvalue weighted by Gasteiger charge is -2.10. The molecule has 0 unspecified atom stereocenters. The molecule has 2 N–H and O–H groups in total. The van der Waals surface area contributed by atoms with Crippen LogP contribution in [0, 0.1) is 5.41 Å². The van der Waals surface area contributed by atoms with Crippen LogP contribution in [0.5, 0.6) is 0 Å². The van der Waals surface area contributed by atoms with Gasteiger partial charge in [0.1, 0.15) is 0 Å². The SMILES string of the molecule is O=C(O)c1ccc2c(c1)SCC1(CC1)CN2. The Kier molecular flexibility index (Phi) is 2.14. The first-order valence-electron chi connectivity index (χ1n) is 5.43. The molecule has 1 aromatic carbocycles. The van der Waals surface area contributed by atoms with Gasteiger partial charge in [0, 0.05) is 22.9 Å². The number of rotatable bonds is 1. The molecule has 84 valence electrons. The molecule has 4 heteroatoms. The summed E-state index contributed by atoms with van der Waals surface area (Å²) in [7, 11) is 0. The zero-order valence-corrected chi connectivity index (χ0v) is 9.64. The second kappa shape index (κ2) is 3.42. The van der Waals surface area contributed by atoms with Crippen molar-refractivity contribution in [2.75, 3.05) is 17.6 Å². The normalized spacial score (nSPS) is 20.8. The van der Waals surface area contributed by atoms with Gasteiger partial charge in [0.15, 0.2) is 0 Å². The largest absolute Gasteiger partial charge is 0.478 e. The Balaban J connectivity index is 1.92. The van der Waals surface area contributed by atoms with Crippen molar-refractivity contribution in [2.45, 2.75) is 17.7 Å². The Morgan fingerprint density at radius 3 is 2.94 bits per heavy atom. The molecular weight excluding hydrogens is 222 g/mol. The summed E-state index contributed by atoms with van der Waals surface area (Å²) in [6, 6.07) is 5.32. The van der Waals surface area contributed by atoms with Crippen LogP contribution in [0.25, 0.3) is 0 Å². The fraction of sp³-hybridized carbons (Fsp3) is 0.417. The van der Waals surface area contributed by atoms with Crippen molar-refractivity contribution in [1.29, 1.82) is 0 Å². The Labute approximate surface area is 98.2 Å². The summed E-state index contributed by atoms with van der Waals surface area (Å²) in [4.78, 5) is 12.0. The van der Waals surface area contributed by atoms with Gasteiger partial charge in [0.2, 0.25) is 0 Å². The molecule has 16 heavy (non-hydrogen) atoms. The highest BCUT2D eigenvalue weighted by atomic mass is 32.2. The van der Waals surface area contributed by atoms with Crippen molar-refractivity contribution in [3.05, 3.63) is 23.8 Å². The van der Waals surface area contributed by atoms with Crippen LogP contribution in [-0.2, 0) is 0 Å². The van der Waals surface area contributed by atoms with Gasteiger partial charge in [0.05, 0.1) is 5.56 Å². The first-order chi connectivity index (χ1) is 7.69. The summed E-state index contributed by atoms with van der Waals surface area (Å²) in [6.45, 7) is 1.03. The fourth-order valence-electron chi connectivity index (χ4n) is 1.98. The van der Waals surface area contributed by atoms with Crippen LogP contribution < -0.4 is 5.32 Å². The Hall–Kier alpha value is -1.16. The number of hydrogen-bond donors (Lipinski definition) is 2. The van der Waals surface area contributed by atoms with Crippen molar-refractivity contribution in [1.82, 2.24) is 0 Å².